The van der Waals surface area contributed by atoms with Gasteiger partial charge in [-0.05, 0) is 54.8 Å². The molecule has 5 heteroatoms. The number of fused-ring (bicyclic) bond motifs is 4. The first-order chi connectivity index (χ1) is 14.2. The van der Waals surface area contributed by atoms with Crippen LogP contribution >= 0.6 is 0 Å². The number of piperidine rings is 1. The third kappa shape index (κ3) is 3.06. The number of hydrogen-bond acceptors (Lipinski definition) is 4. The molecule has 1 aromatic heterocycles. The van der Waals surface area contributed by atoms with Gasteiger partial charge >= 0.3 is 0 Å². The van der Waals surface area contributed by atoms with Crippen LogP contribution in [0.2, 0.25) is 0 Å². The van der Waals surface area contributed by atoms with Gasteiger partial charge in [-0.25, -0.2) is 0 Å². The smallest absolute Gasteiger partial charge is 0.121 e. The Balaban J connectivity index is 1.36. The molecule has 2 aliphatic rings. The van der Waals surface area contributed by atoms with Crippen LogP contribution in [0.3, 0.4) is 0 Å². The highest BCUT2D eigenvalue weighted by Crippen LogP contribution is 2.44. The molecular weight excluding hydrogens is 360 g/mol. The number of nitrogens with zero attached hydrogens (tertiary/aromatic N) is 3. The molecule has 2 aromatic carbocycles. The van der Waals surface area contributed by atoms with Crippen molar-refractivity contribution in [3.63, 3.8) is 0 Å². The summed E-state index contributed by atoms with van der Waals surface area (Å²) in [7, 11) is 1.71. The monoisotopic (exact) mass is 384 g/mol. The van der Waals surface area contributed by atoms with Gasteiger partial charge in [0.1, 0.15) is 5.75 Å². The van der Waals surface area contributed by atoms with Crippen LogP contribution in [-0.2, 0) is 12.1 Å². The molecule has 146 valence electrons. The van der Waals surface area contributed by atoms with E-state index in [9.17, 15) is 0 Å². The van der Waals surface area contributed by atoms with Crippen molar-refractivity contribution < 1.29 is 4.74 Å². The molecule has 5 nitrogen and oxygen atoms in total. The van der Waals surface area contributed by atoms with Gasteiger partial charge in [0.2, 0.25) is 0 Å². The van der Waals surface area contributed by atoms with Gasteiger partial charge in [-0.15, -0.1) is 0 Å². The Morgan fingerprint density at radius 3 is 2.62 bits per heavy atom. The zero-order chi connectivity index (χ0) is 19.8. The fourth-order valence-electron chi connectivity index (χ4n) is 4.67. The summed E-state index contributed by atoms with van der Waals surface area (Å²) in [6, 6.07) is 20.7. The molecule has 1 fully saturated rings. The van der Waals surface area contributed by atoms with Crippen LogP contribution in [0.25, 0.3) is 5.69 Å². The molecule has 0 amide bonds. The van der Waals surface area contributed by atoms with E-state index in [-0.39, 0.29) is 5.54 Å². The first-order valence-electron chi connectivity index (χ1n) is 10.1. The molecule has 1 saturated heterocycles. The van der Waals surface area contributed by atoms with Crippen LogP contribution < -0.4 is 10.1 Å². The summed E-state index contributed by atoms with van der Waals surface area (Å²) in [6.07, 6.45) is 4.25. The average molecular weight is 384 g/mol. The van der Waals surface area contributed by atoms with Crippen molar-refractivity contribution in [2.24, 2.45) is 0 Å². The number of nitriles is 1. The lowest BCUT2D eigenvalue weighted by Gasteiger charge is -2.46. The number of anilines is 1. The lowest BCUT2D eigenvalue weighted by molar-refractivity contribution is 0.162. The second-order valence-electron chi connectivity index (χ2n) is 7.94. The van der Waals surface area contributed by atoms with Gasteiger partial charge in [-0.1, -0.05) is 12.1 Å². The standard InChI is InChI=1S/C24H24N4O/c1-29-20-8-9-22-21(15-20)26-24(23-3-2-12-28(22)23)10-13-27(14-11-24)17-19-6-4-18(16-25)5-7-19/h2-9,12,15,26H,10-11,13-14,17H2,1H3. The van der Waals surface area contributed by atoms with Crippen molar-refractivity contribution in [1.29, 1.82) is 5.26 Å². The molecule has 5 rings (SSSR count). The topological polar surface area (TPSA) is 53.2 Å². The first kappa shape index (κ1) is 17.8. The van der Waals surface area contributed by atoms with E-state index in [0.717, 1.165) is 43.9 Å². The summed E-state index contributed by atoms with van der Waals surface area (Å²) in [4.78, 5) is 2.50. The molecule has 0 bridgehead atoms. The normalized spacial score (nSPS) is 17.1. The van der Waals surface area contributed by atoms with Crippen molar-refractivity contribution >= 4 is 5.69 Å². The lowest BCUT2D eigenvalue weighted by atomic mass is 9.82. The summed E-state index contributed by atoms with van der Waals surface area (Å²) in [5.41, 5.74) is 5.57. The molecule has 3 heterocycles. The number of methoxy groups -OCH3 is 1. The minimum absolute atomic E-state index is 0.0516. The number of likely N-dealkylation sites (tertiary alicyclic amines) is 1. The maximum atomic E-state index is 8.98. The van der Waals surface area contributed by atoms with Gasteiger partial charge in [-0.3, -0.25) is 4.90 Å². The zero-order valence-corrected chi connectivity index (χ0v) is 16.6. The van der Waals surface area contributed by atoms with Gasteiger partial charge in [-0.2, -0.15) is 5.26 Å². The molecule has 29 heavy (non-hydrogen) atoms. The molecule has 2 aliphatic heterocycles. The van der Waals surface area contributed by atoms with Crippen molar-refractivity contribution in [1.82, 2.24) is 9.47 Å². The number of benzene rings is 2. The average Bonchev–Trinajstić information content (AvgIpc) is 3.27. The first-order valence-corrected chi connectivity index (χ1v) is 10.1. The number of rotatable bonds is 3. The third-order valence-corrected chi connectivity index (χ3v) is 6.28. The van der Waals surface area contributed by atoms with Crippen LogP contribution in [0.4, 0.5) is 5.69 Å². The second kappa shape index (κ2) is 6.98. The van der Waals surface area contributed by atoms with Gasteiger partial charge in [0.05, 0.1) is 35.7 Å². The molecule has 3 aromatic rings. The summed E-state index contributed by atoms with van der Waals surface area (Å²) in [6.45, 7) is 2.97. The van der Waals surface area contributed by atoms with E-state index < -0.39 is 0 Å². The van der Waals surface area contributed by atoms with Gasteiger partial charge in [0, 0.05) is 37.6 Å². The Morgan fingerprint density at radius 2 is 1.90 bits per heavy atom. The zero-order valence-electron chi connectivity index (χ0n) is 16.6. The number of nitrogens with one attached hydrogen (secondary N) is 1. The maximum absolute atomic E-state index is 8.98. The summed E-state index contributed by atoms with van der Waals surface area (Å²) >= 11 is 0. The minimum Gasteiger partial charge on any atom is -0.497 e. The Kier molecular flexibility index (Phi) is 4.30. The van der Waals surface area contributed by atoms with Crippen LogP contribution in [-0.4, -0.2) is 29.7 Å². The highest BCUT2D eigenvalue weighted by molar-refractivity contribution is 5.69. The Bertz CT molecular complexity index is 1070. The number of aromatic nitrogens is 1. The van der Waals surface area contributed by atoms with E-state index in [2.05, 4.69) is 63.4 Å². The molecular formula is C24H24N4O. The Labute approximate surface area is 171 Å². The molecule has 0 aliphatic carbocycles. The van der Waals surface area contributed by atoms with Crippen molar-refractivity contribution in [2.45, 2.75) is 24.9 Å². The quantitative estimate of drug-likeness (QED) is 0.733. The largest absolute Gasteiger partial charge is 0.497 e. The van der Waals surface area contributed by atoms with E-state index in [1.807, 2.05) is 18.2 Å². The van der Waals surface area contributed by atoms with Crippen LogP contribution in [0.1, 0.15) is 29.7 Å². The minimum atomic E-state index is -0.0516. The number of hydrogen-bond donors (Lipinski definition) is 1. The van der Waals surface area contributed by atoms with Crippen molar-refractivity contribution in [3.8, 4) is 17.5 Å². The SMILES string of the molecule is COc1ccc2c(c1)NC1(CCN(Cc3ccc(C#N)cc3)CC1)c1cccn1-2. The van der Waals surface area contributed by atoms with E-state index in [0.29, 0.717) is 5.56 Å². The van der Waals surface area contributed by atoms with Crippen LogP contribution in [0.5, 0.6) is 5.75 Å². The van der Waals surface area contributed by atoms with E-state index >= 15 is 0 Å². The highest BCUT2D eigenvalue weighted by atomic mass is 16.5. The Morgan fingerprint density at radius 1 is 1.10 bits per heavy atom. The van der Waals surface area contributed by atoms with Gasteiger partial charge in [0.15, 0.2) is 0 Å². The summed E-state index contributed by atoms with van der Waals surface area (Å²) in [5.74, 6) is 0.875. The molecule has 1 N–H and O–H groups in total. The highest BCUT2D eigenvalue weighted by Gasteiger charge is 2.41. The third-order valence-electron chi connectivity index (χ3n) is 6.28. The second-order valence-corrected chi connectivity index (χ2v) is 7.94. The predicted molar refractivity (Wildman–Crippen MR) is 113 cm³/mol. The van der Waals surface area contributed by atoms with Gasteiger partial charge in [0.25, 0.3) is 0 Å². The molecule has 0 unspecified atom stereocenters. The van der Waals surface area contributed by atoms with Crippen LogP contribution in [0, 0.1) is 11.3 Å². The van der Waals surface area contributed by atoms with E-state index in [4.69, 9.17) is 10.00 Å². The van der Waals surface area contributed by atoms with Gasteiger partial charge < -0.3 is 14.6 Å². The van der Waals surface area contributed by atoms with Crippen molar-refractivity contribution in [2.75, 3.05) is 25.5 Å². The molecule has 0 saturated carbocycles. The fraction of sp³-hybridized carbons (Fsp3) is 0.292. The lowest BCUT2D eigenvalue weighted by Crippen LogP contribution is -2.49. The van der Waals surface area contributed by atoms with Crippen LogP contribution in [0.15, 0.2) is 60.8 Å². The molecule has 0 radical (unpaired) electrons. The molecule has 1 spiro atoms. The predicted octanol–water partition coefficient (Wildman–Crippen LogP) is 4.27. The van der Waals surface area contributed by atoms with Crippen molar-refractivity contribution in [3.05, 3.63) is 77.6 Å². The fourth-order valence-corrected chi connectivity index (χ4v) is 4.67. The summed E-state index contributed by atoms with van der Waals surface area (Å²) in [5, 5.41) is 12.8. The maximum Gasteiger partial charge on any atom is 0.121 e. The summed E-state index contributed by atoms with van der Waals surface area (Å²) < 4.78 is 7.77. The van der Waals surface area contributed by atoms with E-state index in [1.54, 1.807) is 7.11 Å². The Hall–Kier alpha value is -3.23. The van der Waals surface area contributed by atoms with E-state index in [1.165, 1.54) is 16.9 Å². The number of ether oxygens (including phenoxy) is 1. The molecule has 0 atom stereocenters.